The van der Waals surface area contributed by atoms with Crippen LogP contribution in [0.2, 0.25) is 0 Å². The van der Waals surface area contributed by atoms with Crippen LogP contribution < -0.4 is 0 Å². The highest BCUT2D eigenvalue weighted by Gasteiger charge is 2.41. The Labute approximate surface area is 176 Å². The van der Waals surface area contributed by atoms with E-state index in [9.17, 15) is 5.11 Å². The van der Waals surface area contributed by atoms with Crippen LogP contribution in [0.15, 0.2) is 60.3 Å². The van der Waals surface area contributed by atoms with Gasteiger partial charge >= 0.3 is 0 Å². The Morgan fingerprint density at radius 1 is 1.17 bits per heavy atom. The van der Waals surface area contributed by atoms with Gasteiger partial charge in [-0.05, 0) is 30.2 Å². The summed E-state index contributed by atoms with van der Waals surface area (Å²) in [5.74, 6) is 0.588. The van der Waals surface area contributed by atoms with E-state index in [0.717, 1.165) is 41.7 Å². The van der Waals surface area contributed by atoms with E-state index < -0.39 is 5.41 Å². The predicted octanol–water partition coefficient (Wildman–Crippen LogP) is 3.47. The van der Waals surface area contributed by atoms with Gasteiger partial charge in [0.15, 0.2) is 0 Å². The number of aromatic nitrogens is 6. The van der Waals surface area contributed by atoms with E-state index in [1.54, 1.807) is 4.68 Å². The van der Waals surface area contributed by atoms with Crippen LogP contribution in [0.5, 0.6) is 0 Å². The van der Waals surface area contributed by atoms with Crippen molar-refractivity contribution in [2.75, 3.05) is 6.61 Å². The summed E-state index contributed by atoms with van der Waals surface area (Å²) < 4.78 is 1.78. The minimum atomic E-state index is -0.613. The van der Waals surface area contributed by atoms with Crippen molar-refractivity contribution in [3.63, 3.8) is 0 Å². The lowest BCUT2D eigenvalue weighted by molar-refractivity contribution is 0.238. The molecule has 2 heterocycles. The first kappa shape index (κ1) is 20.2. The van der Waals surface area contributed by atoms with Crippen molar-refractivity contribution in [1.29, 1.82) is 0 Å². The minimum Gasteiger partial charge on any atom is -0.395 e. The van der Waals surface area contributed by atoms with Crippen molar-refractivity contribution in [2.24, 2.45) is 7.05 Å². The molecule has 2 aromatic heterocycles. The molecule has 0 radical (unpaired) electrons. The van der Waals surface area contributed by atoms with Crippen molar-refractivity contribution in [2.45, 2.75) is 43.9 Å². The van der Waals surface area contributed by atoms with E-state index in [2.05, 4.69) is 69.9 Å². The number of nitrogens with one attached hydrogen (secondary N) is 1. The number of aliphatic hydroxyl groups is 1. The van der Waals surface area contributed by atoms with E-state index in [1.165, 1.54) is 0 Å². The molecule has 4 rings (SSSR count). The van der Waals surface area contributed by atoms with Crippen LogP contribution in [0.3, 0.4) is 0 Å². The zero-order valence-corrected chi connectivity index (χ0v) is 17.7. The highest BCUT2D eigenvalue weighted by Crippen LogP contribution is 2.46. The number of tetrazole rings is 1. The average molecular weight is 405 g/mol. The summed E-state index contributed by atoms with van der Waals surface area (Å²) in [5.41, 5.74) is 3.12. The molecule has 1 aromatic carbocycles. The Bertz CT molecular complexity index is 1070. The molecule has 0 fully saturated rings. The fraction of sp³-hybridized carbons (Fsp3) is 0.391. The molecular formula is C23H28N6O. The molecule has 0 saturated carbocycles. The number of allylic oxidation sites excluding steroid dienone is 2. The highest BCUT2D eigenvalue weighted by molar-refractivity contribution is 5.65. The van der Waals surface area contributed by atoms with E-state index in [0.29, 0.717) is 5.82 Å². The van der Waals surface area contributed by atoms with Crippen LogP contribution in [0.25, 0.3) is 11.4 Å². The van der Waals surface area contributed by atoms with Gasteiger partial charge in [-0.2, -0.15) is 10.3 Å². The van der Waals surface area contributed by atoms with E-state index in [-0.39, 0.29) is 12.0 Å². The van der Waals surface area contributed by atoms with Crippen LogP contribution in [0.1, 0.15) is 44.4 Å². The molecule has 1 aliphatic rings. The predicted molar refractivity (Wildman–Crippen MR) is 116 cm³/mol. The van der Waals surface area contributed by atoms with Crippen LogP contribution in [-0.4, -0.2) is 42.1 Å². The van der Waals surface area contributed by atoms with Gasteiger partial charge in [0.2, 0.25) is 5.82 Å². The quantitative estimate of drug-likeness (QED) is 0.588. The van der Waals surface area contributed by atoms with Crippen molar-refractivity contribution in [3.05, 3.63) is 71.6 Å². The normalized spacial score (nSPS) is 23.5. The molecule has 1 aliphatic carbocycles. The molecule has 3 aromatic rings. The van der Waals surface area contributed by atoms with Crippen molar-refractivity contribution in [1.82, 2.24) is 30.4 Å². The van der Waals surface area contributed by atoms with E-state index >= 15 is 0 Å². The van der Waals surface area contributed by atoms with Gasteiger partial charge in [-0.25, -0.2) is 0 Å². The van der Waals surface area contributed by atoms with Gasteiger partial charge < -0.3 is 5.11 Å². The Kier molecular flexibility index (Phi) is 5.39. The molecule has 156 valence electrons. The monoisotopic (exact) mass is 404 g/mol. The first-order chi connectivity index (χ1) is 14.5. The lowest BCUT2D eigenvalue weighted by atomic mass is 9.64. The Morgan fingerprint density at radius 3 is 2.63 bits per heavy atom. The number of benzene rings is 1. The molecule has 7 heteroatoms. The maximum Gasteiger partial charge on any atom is 0.204 e. The molecule has 0 bridgehead atoms. The van der Waals surface area contributed by atoms with Crippen molar-refractivity contribution >= 4 is 0 Å². The molecule has 2 unspecified atom stereocenters. The third-order valence-corrected chi connectivity index (χ3v) is 6.22. The number of aryl methyl sites for hydroxylation is 1. The number of aromatic amines is 1. The SMILES string of the molecule is CCCCC1(c2ccccc2-c2nn[nH]n2)C=CC(CO)(c2ccn(C)n2)C(C)=C1. The first-order valence-electron chi connectivity index (χ1n) is 10.4. The summed E-state index contributed by atoms with van der Waals surface area (Å²) in [7, 11) is 1.90. The number of unbranched alkanes of at least 4 members (excludes halogenated alkanes) is 1. The fourth-order valence-electron chi connectivity index (χ4n) is 4.47. The largest absolute Gasteiger partial charge is 0.395 e. The third kappa shape index (κ3) is 3.29. The number of nitrogens with zero attached hydrogens (tertiary/aromatic N) is 5. The van der Waals surface area contributed by atoms with Crippen LogP contribution in [0, 0.1) is 0 Å². The van der Waals surface area contributed by atoms with Crippen LogP contribution in [0.4, 0.5) is 0 Å². The minimum absolute atomic E-state index is 0.0286. The summed E-state index contributed by atoms with van der Waals surface area (Å²) in [6.07, 6.45) is 11.7. The number of H-pyrrole nitrogens is 1. The first-order valence-corrected chi connectivity index (χ1v) is 10.4. The van der Waals surface area contributed by atoms with Crippen molar-refractivity contribution in [3.8, 4) is 11.4 Å². The Hall–Kier alpha value is -3.06. The fourth-order valence-corrected chi connectivity index (χ4v) is 4.47. The van der Waals surface area contributed by atoms with Gasteiger partial charge in [0.25, 0.3) is 0 Å². The smallest absolute Gasteiger partial charge is 0.204 e. The number of aliphatic hydroxyl groups excluding tert-OH is 1. The summed E-state index contributed by atoms with van der Waals surface area (Å²) in [6, 6.07) is 10.2. The van der Waals surface area contributed by atoms with Crippen molar-refractivity contribution < 1.29 is 5.11 Å². The standard InChI is InChI=1S/C23H28N6O/c1-4-5-11-22(19-9-7-6-8-18(19)21-24-27-28-25-21)12-13-23(16-30,17(2)15-22)20-10-14-29(3)26-20/h6-10,12-15,30H,4-5,11,16H2,1-3H3,(H,24,25,27,28). The van der Waals surface area contributed by atoms with Gasteiger partial charge in [-0.3, -0.25) is 4.68 Å². The summed E-state index contributed by atoms with van der Waals surface area (Å²) in [6.45, 7) is 4.26. The van der Waals surface area contributed by atoms with E-state index in [1.807, 2.05) is 31.4 Å². The number of rotatable bonds is 7. The second-order valence-corrected chi connectivity index (χ2v) is 8.09. The molecular weight excluding hydrogens is 376 g/mol. The molecule has 2 atom stereocenters. The maximum absolute atomic E-state index is 10.4. The van der Waals surface area contributed by atoms with E-state index in [4.69, 9.17) is 0 Å². The maximum atomic E-state index is 10.4. The lowest BCUT2D eigenvalue weighted by Gasteiger charge is -2.40. The summed E-state index contributed by atoms with van der Waals surface area (Å²) in [5, 5.41) is 29.8. The summed E-state index contributed by atoms with van der Waals surface area (Å²) in [4.78, 5) is 0. The van der Waals surface area contributed by atoms with Gasteiger partial charge in [0.1, 0.15) is 0 Å². The van der Waals surface area contributed by atoms with Crippen LogP contribution >= 0.6 is 0 Å². The average Bonchev–Trinajstić information content (AvgIpc) is 3.45. The van der Waals surface area contributed by atoms with Gasteiger partial charge in [-0.15, -0.1) is 10.2 Å². The van der Waals surface area contributed by atoms with Gasteiger partial charge in [-0.1, -0.05) is 67.8 Å². The molecule has 2 N–H and O–H groups in total. The Balaban J connectivity index is 1.86. The molecule has 0 aliphatic heterocycles. The molecule has 30 heavy (non-hydrogen) atoms. The second-order valence-electron chi connectivity index (χ2n) is 8.09. The number of hydrogen-bond donors (Lipinski definition) is 2. The van der Waals surface area contributed by atoms with Crippen LogP contribution in [-0.2, 0) is 17.9 Å². The highest BCUT2D eigenvalue weighted by atomic mass is 16.3. The molecule has 0 saturated heterocycles. The van der Waals surface area contributed by atoms with Gasteiger partial charge in [0.05, 0.1) is 17.7 Å². The number of hydrogen-bond acceptors (Lipinski definition) is 5. The second kappa shape index (κ2) is 7.99. The molecule has 0 spiro atoms. The van der Waals surface area contributed by atoms with Gasteiger partial charge in [0, 0.05) is 24.2 Å². The lowest BCUT2D eigenvalue weighted by Crippen LogP contribution is -2.37. The third-order valence-electron chi connectivity index (χ3n) is 6.22. The molecule has 0 amide bonds. The topological polar surface area (TPSA) is 92.5 Å². The summed E-state index contributed by atoms with van der Waals surface area (Å²) >= 11 is 0. The zero-order chi connectivity index (χ0) is 21.2. The Morgan fingerprint density at radius 2 is 2.00 bits per heavy atom. The molecule has 7 nitrogen and oxygen atoms in total. The zero-order valence-electron chi connectivity index (χ0n) is 17.7.